The molecule has 0 radical (unpaired) electrons. The van der Waals surface area contributed by atoms with Crippen molar-refractivity contribution in [2.75, 3.05) is 11.1 Å². The molecule has 2 heterocycles. The van der Waals surface area contributed by atoms with E-state index in [2.05, 4.69) is 20.3 Å². The van der Waals surface area contributed by atoms with Crippen LogP contribution in [0, 0.1) is 0 Å². The lowest BCUT2D eigenvalue weighted by Gasteiger charge is -2.06. The number of nitrogens with two attached hydrogens (primary N) is 1. The van der Waals surface area contributed by atoms with Crippen molar-refractivity contribution in [2.24, 2.45) is 0 Å². The third-order valence-electron chi connectivity index (χ3n) is 4.00. The van der Waals surface area contributed by atoms with Gasteiger partial charge in [0.1, 0.15) is 17.8 Å². The minimum Gasteiger partial charge on any atom is -0.478 e. The standard InChI is InChI=1S/C19H15N5O2/c20-13-5-1-3-11(7-13)16-9-15-17(21-10-22-18(15)24-16)23-14-6-2-4-12(8-14)19(25)26/h1-10H,20H2,(H,25,26)(H2,21,22,23,24). The summed E-state index contributed by atoms with van der Waals surface area (Å²) in [6.45, 7) is 0. The average Bonchev–Trinajstić information content (AvgIpc) is 3.07. The maximum Gasteiger partial charge on any atom is 0.335 e. The Morgan fingerprint density at radius 3 is 2.73 bits per heavy atom. The van der Waals surface area contributed by atoms with Crippen LogP contribution in [0.5, 0.6) is 0 Å². The molecule has 4 aromatic rings. The second-order valence-corrected chi connectivity index (χ2v) is 5.80. The number of nitrogens with one attached hydrogen (secondary N) is 2. The van der Waals surface area contributed by atoms with Gasteiger partial charge in [-0.1, -0.05) is 18.2 Å². The number of benzene rings is 2. The number of rotatable bonds is 4. The van der Waals surface area contributed by atoms with Crippen molar-refractivity contribution in [3.8, 4) is 11.3 Å². The van der Waals surface area contributed by atoms with Gasteiger partial charge in [0.25, 0.3) is 0 Å². The SMILES string of the molecule is Nc1cccc(-c2cc3c(Nc4cccc(C(=O)O)c4)ncnc3[nH]2)c1. The van der Waals surface area contributed by atoms with E-state index in [4.69, 9.17) is 10.8 Å². The van der Waals surface area contributed by atoms with Crippen molar-refractivity contribution in [1.82, 2.24) is 15.0 Å². The van der Waals surface area contributed by atoms with Crippen LogP contribution in [0.25, 0.3) is 22.3 Å². The summed E-state index contributed by atoms with van der Waals surface area (Å²) in [7, 11) is 0. The highest BCUT2D eigenvalue weighted by Gasteiger charge is 2.11. The lowest BCUT2D eigenvalue weighted by atomic mass is 10.1. The van der Waals surface area contributed by atoms with Crippen molar-refractivity contribution < 1.29 is 9.90 Å². The number of aromatic amines is 1. The highest BCUT2D eigenvalue weighted by Crippen LogP contribution is 2.29. The second kappa shape index (κ2) is 6.21. The third kappa shape index (κ3) is 2.93. The van der Waals surface area contributed by atoms with Crippen LogP contribution in [-0.4, -0.2) is 26.0 Å². The molecule has 0 spiro atoms. The number of anilines is 3. The van der Waals surface area contributed by atoms with Gasteiger partial charge in [0.15, 0.2) is 0 Å². The van der Waals surface area contributed by atoms with Crippen LogP contribution in [-0.2, 0) is 0 Å². The Bertz CT molecular complexity index is 1120. The van der Waals surface area contributed by atoms with Crippen molar-refractivity contribution in [3.05, 3.63) is 66.5 Å². The maximum atomic E-state index is 11.1. The minimum atomic E-state index is -0.980. The Hall–Kier alpha value is -3.87. The first-order valence-corrected chi connectivity index (χ1v) is 7.90. The molecule has 0 aliphatic carbocycles. The highest BCUT2D eigenvalue weighted by molar-refractivity contribution is 5.94. The maximum absolute atomic E-state index is 11.1. The summed E-state index contributed by atoms with van der Waals surface area (Å²) >= 11 is 0. The molecule has 0 fully saturated rings. The topological polar surface area (TPSA) is 117 Å². The van der Waals surface area contributed by atoms with E-state index in [0.717, 1.165) is 16.6 Å². The first-order valence-electron chi connectivity index (χ1n) is 7.90. The summed E-state index contributed by atoms with van der Waals surface area (Å²) in [5, 5.41) is 13.1. The third-order valence-corrected chi connectivity index (χ3v) is 4.00. The largest absolute Gasteiger partial charge is 0.478 e. The number of carboxylic acid groups (broad SMARTS) is 1. The quantitative estimate of drug-likeness (QED) is 0.419. The van der Waals surface area contributed by atoms with Crippen LogP contribution in [0.4, 0.5) is 17.2 Å². The van der Waals surface area contributed by atoms with Crippen molar-refractivity contribution in [1.29, 1.82) is 0 Å². The minimum absolute atomic E-state index is 0.204. The number of H-pyrrole nitrogens is 1. The van der Waals surface area contributed by atoms with Gasteiger partial charge in [-0.2, -0.15) is 0 Å². The first-order chi connectivity index (χ1) is 12.6. The summed E-state index contributed by atoms with van der Waals surface area (Å²) in [5.41, 5.74) is 9.87. The molecule has 0 amide bonds. The number of hydrogen-bond acceptors (Lipinski definition) is 5. The molecular weight excluding hydrogens is 330 g/mol. The van der Waals surface area contributed by atoms with Crippen LogP contribution in [0.2, 0.25) is 0 Å². The van der Waals surface area contributed by atoms with Gasteiger partial charge < -0.3 is 21.1 Å². The van der Waals surface area contributed by atoms with E-state index in [-0.39, 0.29) is 5.56 Å². The fourth-order valence-corrected chi connectivity index (χ4v) is 2.77. The number of hydrogen-bond donors (Lipinski definition) is 4. The smallest absolute Gasteiger partial charge is 0.335 e. The molecule has 0 saturated carbocycles. The predicted octanol–water partition coefficient (Wildman–Crippen LogP) is 3.65. The normalized spacial score (nSPS) is 10.8. The molecule has 0 bridgehead atoms. The van der Waals surface area contributed by atoms with Crippen LogP contribution >= 0.6 is 0 Å². The molecule has 26 heavy (non-hydrogen) atoms. The van der Waals surface area contributed by atoms with Crippen molar-refractivity contribution >= 4 is 34.2 Å². The summed E-state index contributed by atoms with van der Waals surface area (Å²) in [6.07, 6.45) is 1.45. The number of carbonyl (C=O) groups is 1. The summed E-state index contributed by atoms with van der Waals surface area (Å²) in [4.78, 5) is 22.9. The van der Waals surface area contributed by atoms with Gasteiger partial charge in [-0.15, -0.1) is 0 Å². The number of carboxylic acids is 1. The van der Waals surface area contributed by atoms with Crippen molar-refractivity contribution in [3.63, 3.8) is 0 Å². The van der Waals surface area contributed by atoms with Gasteiger partial charge in [-0.05, 0) is 36.4 Å². The number of nitrogens with zero attached hydrogens (tertiary/aromatic N) is 2. The Labute approximate surface area is 148 Å². The van der Waals surface area contributed by atoms with E-state index in [1.165, 1.54) is 12.4 Å². The van der Waals surface area contributed by atoms with Gasteiger partial charge >= 0.3 is 5.97 Å². The molecule has 0 saturated heterocycles. The van der Waals surface area contributed by atoms with E-state index in [1.807, 2.05) is 30.3 Å². The monoisotopic (exact) mass is 345 g/mol. The van der Waals surface area contributed by atoms with E-state index < -0.39 is 5.97 Å². The molecule has 0 aliphatic heterocycles. The van der Waals surface area contributed by atoms with Crippen LogP contribution < -0.4 is 11.1 Å². The van der Waals surface area contributed by atoms with E-state index in [1.54, 1.807) is 18.2 Å². The average molecular weight is 345 g/mol. The zero-order chi connectivity index (χ0) is 18.1. The molecule has 4 rings (SSSR count). The van der Waals surface area contributed by atoms with Gasteiger partial charge in [-0.25, -0.2) is 14.8 Å². The summed E-state index contributed by atoms with van der Waals surface area (Å²) in [6, 6.07) is 16.0. The molecule has 2 aromatic carbocycles. The number of nitrogen functional groups attached to an aromatic ring is 1. The summed E-state index contributed by atoms with van der Waals surface area (Å²) < 4.78 is 0. The molecule has 128 valence electrons. The summed E-state index contributed by atoms with van der Waals surface area (Å²) in [5.74, 6) is -0.393. The number of aromatic carboxylic acids is 1. The van der Waals surface area contributed by atoms with Crippen molar-refractivity contribution in [2.45, 2.75) is 0 Å². The Balaban J connectivity index is 1.74. The van der Waals surface area contributed by atoms with E-state index in [9.17, 15) is 4.79 Å². The van der Waals surface area contributed by atoms with Crippen LogP contribution in [0.1, 0.15) is 10.4 Å². The Morgan fingerprint density at radius 2 is 1.92 bits per heavy atom. The number of fused-ring (bicyclic) bond motifs is 1. The second-order valence-electron chi connectivity index (χ2n) is 5.80. The molecular formula is C19H15N5O2. The zero-order valence-electron chi connectivity index (χ0n) is 13.6. The fraction of sp³-hybridized carbons (Fsp3) is 0. The molecule has 7 nitrogen and oxygen atoms in total. The number of aromatic nitrogens is 3. The Morgan fingerprint density at radius 1 is 1.08 bits per heavy atom. The molecule has 0 atom stereocenters. The van der Waals surface area contributed by atoms with Crippen LogP contribution in [0.15, 0.2) is 60.9 Å². The van der Waals surface area contributed by atoms with E-state index >= 15 is 0 Å². The fourth-order valence-electron chi connectivity index (χ4n) is 2.77. The Kier molecular flexibility index (Phi) is 3.74. The molecule has 0 unspecified atom stereocenters. The zero-order valence-corrected chi connectivity index (χ0v) is 13.6. The van der Waals surface area contributed by atoms with Crippen LogP contribution in [0.3, 0.4) is 0 Å². The van der Waals surface area contributed by atoms with Gasteiger partial charge in [-0.3, -0.25) is 0 Å². The van der Waals surface area contributed by atoms with Gasteiger partial charge in [0.2, 0.25) is 0 Å². The van der Waals surface area contributed by atoms with Gasteiger partial charge in [0, 0.05) is 22.6 Å². The highest BCUT2D eigenvalue weighted by atomic mass is 16.4. The van der Waals surface area contributed by atoms with E-state index in [0.29, 0.717) is 22.8 Å². The molecule has 2 aromatic heterocycles. The molecule has 5 N–H and O–H groups in total. The lowest BCUT2D eigenvalue weighted by Crippen LogP contribution is -1.99. The molecule has 0 aliphatic rings. The lowest BCUT2D eigenvalue weighted by molar-refractivity contribution is 0.0697. The molecule has 7 heteroatoms. The predicted molar refractivity (Wildman–Crippen MR) is 100 cm³/mol. The first kappa shape index (κ1) is 15.6. The van der Waals surface area contributed by atoms with Gasteiger partial charge in [0.05, 0.1) is 10.9 Å².